The highest BCUT2D eigenvalue weighted by Gasteiger charge is 2.24. The lowest BCUT2D eigenvalue weighted by Gasteiger charge is -2.16. The number of aromatic nitrogens is 1. The van der Waals surface area contributed by atoms with Crippen molar-refractivity contribution in [2.24, 2.45) is 0 Å². The summed E-state index contributed by atoms with van der Waals surface area (Å²) >= 11 is 0. The number of hydrogen-bond donors (Lipinski definition) is 2. The first-order chi connectivity index (χ1) is 14.5. The predicted molar refractivity (Wildman–Crippen MR) is 109 cm³/mol. The molecule has 8 heteroatoms. The molecule has 0 bridgehead atoms. The van der Waals surface area contributed by atoms with Crippen molar-refractivity contribution < 1.29 is 28.6 Å². The molecule has 1 heterocycles. The normalized spacial score (nSPS) is 11.5. The summed E-state index contributed by atoms with van der Waals surface area (Å²) in [4.78, 5) is 39.7. The maximum absolute atomic E-state index is 12.3. The van der Waals surface area contributed by atoms with Crippen molar-refractivity contribution in [3.8, 4) is 5.75 Å². The largest absolute Gasteiger partial charge is 0.497 e. The number of para-hydroxylation sites is 1. The molecule has 2 N–H and O–H groups in total. The van der Waals surface area contributed by atoms with Gasteiger partial charge in [0.25, 0.3) is 5.91 Å². The fourth-order valence-electron chi connectivity index (χ4n) is 3.03. The third kappa shape index (κ3) is 4.96. The van der Waals surface area contributed by atoms with Crippen LogP contribution in [0.4, 0.5) is 0 Å². The van der Waals surface area contributed by atoms with Crippen LogP contribution >= 0.6 is 0 Å². The van der Waals surface area contributed by atoms with E-state index in [9.17, 15) is 14.4 Å². The minimum absolute atomic E-state index is 0.231. The Hall–Kier alpha value is -3.81. The number of amides is 1. The fourth-order valence-corrected chi connectivity index (χ4v) is 3.03. The summed E-state index contributed by atoms with van der Waals surface area (Å²) in [6.45, 7) is -0.522. The second-order valence-corrected chi connectivity index (χ2v) is 6.51. The standard InChI is InChI=1S/C22H22N2O6/c1-28-16-9-7-14(8-10-16)21(26)30-13-20(25)24-19(22(27)29-2)11-15-12-23-18-6-4-3-5-17(15)18/h3-10,12,19,23H,11,13H2,1-2H3,(H,24,25)/t19-/m1/s1. The summed E-state index contributed by atoms with van der Waals surface area (Å²) in [6.07, 6.45) is 2.02. The first-order valence-electron chi connectivity index (χ1n) is 9.25. The number of H-pyrrole nitrogens is 1. The van der Waals surface area contributed by atoms with Gasteiger partial charge < -0.3 is 24.5 Å². The van der Waals surface area contributed by atoms with E-state index < -0.39 is 30.5 Å². The molecular weight excluding hydrogens is 388 g/mol. The van der Waals surface area contributed by atoms with Gasteiger partial charge in [-0.2, -0.15) is 0 Å². The lowest BCUT2D eigenvalue weighted by molar-refractivity contribution is -0.145. The lowest BCUT2D eigenvalue weighted by atomic mass is 10.0. The molecule has 156 valence electrons. The Bertz CT molecular complexity index is 1040. The van der Waals surface area contributed by atoms with Crippen LogP contribution in [0.25, 0.3) is 10.9 Å². The van der Waals surface area contributed by atoms with Gasteiger partial charge in [0.1, 0.15) is 11.8 Å². The van der Waals surface area contributed by atoms with E-state index in [-0.39, 0.29) is 12.0 Å². The van der Waals surface area contributed by atoms with Crippen molar-refractivity contribution in [2.45, 2.75) is 12.5 Å². The number of hydrogen-bond acceptors (Lipinski definition) is 6. The zero-order valence-electron chi connectivity index (χ0n) is 16.6. The van der Waals surface area contributed by atoms with Gasteiger partial charge in [-0.15, -0.1) is 0 Å². The third-order valence-electron chi connectivity index (χ3n) is 4.58. The van der Waals surface area contributed by atoms with Gasteiger partial charge in [-0.05, 0) is 35.9 Å². The average molecular weight is 410 g/mol. The number of carbonyl (C=O) groups excluding carboxylic acids is 3. The number of aromatic amines is 1. The first-order valence-corrected chi connectivity index (χ1v) is 9.25. The Kier molecular flexibility index (Phi) is 6.69. The Morgan fingerprint density at radius 3 is 2.47 bits per heavy atom. The highest BCUT2D eigenvalue weighted by atomic mass is 16.5. The number of esters is 2. The zero-order valence-corrected chi connectivity index (χ0v) is 16.6. The van der Waals surface area contributed by atoms with Crippen molar-refractivity contribution in [2.75, 3.05) is 20.8 Å². The van der Waals surface area contributed by atoms with Gasteiger partial charge in [0.05, 0.1) is 19.8 Å². The molecule has 0 radical (unpaired) electrons. The molecule has 0 saturated carbocycles. The molecule has 0 fully saturated rings. The highest BCUT2D eigenvalue weighted by Crippen LogP contribution is 2.19. The molecular formula is C22H22N2O6. The van der Waals surface area contributed by atoms with Crippen molar-refractivity contribution in [1.82, 2.24) is 10.3 Å². The van der Waals surface area contributed by atoms with Gasteiger partial charge in [0, 0.05) is 23.5 Å². The molecule has 0 saturated heterocycles. The van der Waals surface area contributed by atoms with Gasteiger partial charge in [0.15, 0.2) is 6.61 Å². The molecule has 2 aromatic carbocycles. The number of benzene rings is 2. The molecule has 0 unspecified atom stereocenters. The van der Waals surface area contributed by atoms with Crippen LogP contribution in [-0.4, -0.2) is 49.7 Å². The average Bonchev–Trinajstić information content (AvgIpc) is 3.19. The highest BCUT2D eigenvalue weighted by molar-refractivity contribution is 5.92. The Morgan fingerprint density at radius 2 is 1.77 bits per heavy atom. The number of fused-ring (bicyclic) bond motifs is 1. The van der Waals surface area contributed by atoms with Crippen LogP contribution in [0.15, 0.2) is 54.7 Å². The van der Waals surface area contributed by atoms with E-state index in [0.717, 1.165) is 16.5 Å². The number of rotatable bonds is 8. The number of methoxy groups -OCH3 is 2. The molecule has 3 rings (SSSR count). The monoisotopic (exact) mass is 410 g/mol. The SMILES string of the molecule is COC(=O)[C@@H](Cc1c[nH]c2ccccc12)NC(=O)COC(=O)c1ccc(OC)cc1. The van der Waals surface area contributed by atoms with Gasteiger partial charge in [-0.1, -0.05) is 18.2 Å². The van der Waals surface area contributed by atoms with Crippen molar-refractivity contribution in [3.05, 3.63) is 65.9 Å². The first kappa shape index (κ1) is 20.9. The number of ether oxygens (including phenoxy) is 3. The van der Waals surface area contributed by atoms with E-state index in [0.29, 0.717) is 5.75 Å². The van der Waals surface area contributed by atoms with E-state index in [1.807, 2.05) is 24.3 Å². The van der Waals surface area contributed by atoms with Gasteiger partial charge >= 0.3 is 11.9 Å². The second kappa shape index (κ2) is 9.60. The van der Waals surface area contributed by atoms with Crippen LogP contribution in [-0.2, 0) is 25.5 Å². The van der Waals surface area contributed by atoms with E-state index >= 15 is 0 Å². The summed E-state index contributed by atoms with van der Waals surface area (Å²) in [5.41, 5.74) is 2.07. The molecule has 1 atom stereocenters. The van der Waals surface area contributed by atoms with Crippen LogP contribution in [0.2, 0.25) is 0 Å². The molecule has 30 heavy (non-hydrogen) atoms. The molecule has 0 aliphatic rings. The second-order valence-electron chi connectivity index (χ2n) is 6.51. The molecule has 3 aromatic rings. The van der Waals surface area contributed by atoms with E-state index in [1.165, 1.54) is 26.4 Å². The van der Waals surface area contributed by atoms with E-state index in [4.69, 9.17) is 14.2 Å². The molecule has 0 aliphatic carbocycles. The summed E-state index contributed by atoms with van der Waals surface area (Å²) in [5, 5.41) is 3.52. The van der Waals surface area contributed by atoms with Gasteiger partial charge in [-0.3, -0.25) is 4.79 Å². The zero-order chi connectivity index (χ0) is 21.5. The van der Waals surface area contributed by atoms with E-state index in [1.54, 1.807) is 18.3 Å². The Morgan fingerprint density at radius 1 is 1.03 bits per heavy atom. The predicted octanol–water partition coefficient (Wildman–Crippen LogP) is 2.23. The van der Waals surface area contributed by atoms with Crippen LogP contribution in [0, 0.1) is 0 Å². The fraction of sp³-hybridized carbons (Fsp3) is 0.227. The van der Waals surface area contributed by atoms with Crippen molar-refractivity contribution in [3.63, 3.8) is 0 Å². The van der Waals surface area contributed by atoms with Crippen molar-refractivity contribution >= 4 is 28.7 Å². The van der Waals surface area contributed by atoms with Crippen LogP contribution < -0.4 is 10.1 Å². The molecule has 1 aromatic heterocycles. The van der Waals surface area contributed by atoms with Gasteiger partial charge in [0.2, 0.25) is 0 Å². The van der Waals surface area contributed by atoms with E-state index in [2.05, 4.69) is 10.3 Å². The minimum atomic E-state index is -0.915. The summed E-state index contributed by atoms with van der Waals surface area (Å²) in [6, 6.07) is 13.0. The molecule has 1 amide bonds. The van der Waals surface area contributed by atoms with Gasteiger partial charge in [-0.25, -0.2) is 9.59 Å². The quantitative estimate of drug-likeness (QED) is 0.552. The smallest absolute Gasteiger partial charge is 0.338 e. The summed E-state index contributed by atoms with van der Waals surface area (Å²) < 4.78 is 14.9. The molecule has 0 spiro atoms. The van der Waals surface area contributed by atoms with Crippen molar-refractivity contribution in [1.29, 1.82) is 0 Å². The summed E-state index contributed by atoms with van der Waals surface area (Å²) in [5.74, 6) is -1.25. The maximum Gasteiger partial charge on any atom is 0.338 e. The minimum Gasteiger partial charge on any atom is -0.497 e. The molecule has 0 aliphatic heterocycles. The van der Waals surface area contributed by atoms with Crippen LogP contribution in [0.1, 0.15) is 15.9 Å². The molecule has 8 nitrogen and oxygen atoms in total. The Labute approximate surface area is 173 Å². The van der Waals surface area contributed by atoms with Crippen LogP contribution in [0.3, 0.4) is 0 Å². The maximum atomic E-state index is 12.3. The lowest BCUT2D eigenvalue weighted by Crippen LogP contribution is -2.44. The number of nitrogens with one attached hydrogen (secondary N) is 2. The number of carbonyl (C=O) groups is 3. The Balaban J connectivity index is 1.61. The summed E-state index contributed by atoms with van der Waals surface area (Å²) in [7, 11) is 2.77. The van der Waals surface area contributed by atoms with Crippen LogP contribution in [0.5, 0.6) is 5.75 Å². The third-order valence-corrected chi connectivity index (χ3v) is 4.58. The topological polar surface area (TPSA) is 107 Å².